The van der Waals surface area contributed by atoms with Crippen LogP contribution >= 0.6 is 0 Å². The zero-order valence-electron chi connectivity index (χ0n) is 14.5. The predicted octanol–water partition coefficient (Wildman–Crippen LogP) is 5.09. The van der Waals surface area contributed by atoms with Crippen molar-refractivity contribution in [2.75, 3.05) is 5.32 Å². The molecule has 1 aromatic carbocycles. The van der Waals surface area contributed by atoms with E-state index in [-0.39, 0.29) is 5.82 Å². The fourth-order valence-corrected chi connectivity index (χ4v) is 3.38. The molecule has 1 fully saturated rings. The minimum atomic E-state index is -0.252. The van der Waals surface area contributed by atoms with Crippen LogP contribution in [-0.4, -0.2) is 21.0 Å². The van der Waals surface area contributed by atoms with Gasteiger partial charge in [-0.1, -0.05) is 19.3 Å². The molecule has 0 aliphatic heterocycles. The molecule has 0 unspecified atom stereocenters. The molecule has 2 heterocycles. The standard InChI is InChI=1S/C21H21FN4/c22-17-8-6-15(7-9-17)19-14-20(24-18-4-2-1-3-5-18)26-21(25-19)16-10-12-23-13-11-16/h6-14,18H,1-5H2,(H,24,25,26). The van der Waals surface area contributed by atoms with Gasteiger partial charge in [0.25, 0.3) is 0 Å². The van der Waals surface area contributed by atoms with Gasteiger partial charge in [0.1, 0.15) is 11.6 Å². The summed E-state index contributed by atoms with van der Waals surface area (Å²) in [6, 6.07) is 12.6. The van der Waals surface area contributed by atoms with Crippen LogP contribution in [0.3, 0.4) is 0 Å². The van der Waals surface area contributed by atoms with Gasteiger partial charge in [-0.2, -0.15) is 0 Å². The van der Waals surface area contributed by atoms with Gasteiger partial charge < -0.3 is 5.32 Å². The van der Waals surface area contributed by atoms with Crippen LogP contribution in [0.25, 0.3) is 22.6 Å². The molecule has 0 amide bonds. The lowest BCUT2D eigenvalue weighted by atomic mass is 9.95. The normalized spacial score (nSPS) is 15.0. The van der Waals surface area contributed by atoms with Crippen LogP contribution in [0.1, 0.15) is 32.1 Å². The molecule has 4 nitrogen and oxygen atoms in total. The Morgan fingerprint density at radius 3 is 2.31 bits per heavy atom. The van der Waals surface area contributed by atoms with Crippen molar-refractivity contribution in [3.63, 3.8) is 0 Å². The van der Waals surface area contributed by atoms with Crippen LogP contribution in [-0.2, 0) is 0 Å². The second-order valence-corrected chi connectivity index (χ2v) is 6.68. The molecule has 1 aliphatic rings. The van der Waals surface area contributed by atoms with Gasteiger partial charge in [-0.25, -0.2) is 14.4 Å². The molecular formula is C21H21FN4. The van der Waals surface area contributed by atoms with Crippen molar-refractivity contribution >= 4 is 5.82 Å². The van der Waals surface area contributed by atoms with E-state index >= 15 is 0 Å². The fourth-order valence-electron chi connectivity index (χ4n) is 3.38. The van der Waals surface area contributed by atoms with E-state index in [1.54, 1.807) is 24.5 Å². The Labute approximate surface area is 152 Å². The van der Waals surface area contributed by atoms with Gasteiger partial charge in [0, 0.05) is 35.6 Å². The number of benzene rings is 1. The van der Waals surface area contributed by atoms with Gasteiger partial charge in [0.05, 0.1) is 5.69 Å². The summed E-state index contributed by atoms with van der Waals surface area (Å²) in [5.74, 6) is 1.21. The number of pyridine rings is 1. The topological polar surface area (TPSA) is 50.7 Å². The molecule has 132 valence electrons. The Morgan fingerprint density at radius 2 is 1.58 bits per heavy atom. The first-order valence-corrected chi connectivity index (χ1v) is 9.10. The molecule has 4 rings (SSSR count). The Morgan fingerprint density at radius 1 is 0.846 bits per heavy atom. The molecule has 0 radical (unpaired) electrons. The molecule has 2 aromatic heterocycles. The Balaban J connectivity index is 1.72. The van der Waals surface area contributed by atoms with Crippen LogP contribution in [0.15, 0.2) is 54.9 Å². The van der Waals surface area contributed by atoms with Crippen LogP contribution in [0, 0.1) is 5.82 Å². The molecule has 0 spiro atoms. The maximum Gasteiger partial charge on any atom is 0.162 e. The van der Waals surface area contributed by atoms with Gasteiger partial charge >= 0.3 is 0 Å². The minimum Gasteiger partial charge on any atom is -0.367 e. The summed E-state index contributed by atoms with van der Waals surface area (Å²) in [6.45, 7) is 0. The van der Waals surface area contributed by atoms with Crippen molar-refractivity contribution in [3.05, 3.63) is 60.7 Å². The summed E-state index contributed by atoms with van der Waals surface area (Å²) in [4.78, 5) is 13.5. The second kappa shape index (κ2) is 7.60. The van der Waals surface area contributed by atoms with E-state index in [1.165, 1.54) is 44.2 Å². The molecule has 1 saturated carbocycles. The molecule has 1 aliphatic carbocycles. The van der Waals surface area contributed by atoms with E-state index in [0.29, 0.717) is 11.9 Å². The third-order valence-electron chi connectivity index (χ3n) is 4.76. The SMILES string of the molecule is Fc1ccc(-c2cc(NC3CCCCC3)nc(-c3ccncc3)n2)cc1. The van der Waals surface area contributed by atoms with E-state index in [1.807, 2.05) is 18.2 Å². The van der Waals surface area contributed by atoms with Gasteiger partial charge in [-0.15, -0.1) is 0 Å². The van der Waals surface area contributed by atoms with Crippen molar-refractivity contribution in [2.24, 2.45) is 0 Å². The van der Waals surface area contributed by atoms with Crippen LogP contribution in [0.2, 0.25) is 0 Å². The summed E-state index contributed by atoms with van der Waals surface area (Å²) in [6.07, 6.45) is 9.62. The lowest BCUT2D eigenvalue weighted by molar-refractivity contribution is 0.462. The number of anilines is 1. The highest BCUT2D eigenvalue weighted by Gasteiger charge is 2.15. The van der Waals surface area contributed by atoms with Crippen LogP contribution in [0.5, 0.6) is 0 Å². The summed E-state index contributed by atoms with van der Waals surface area (Å²) in [5, 5.41) is 3.57. The molecule has 1 N–H and O–H groups in total. The predicted molar refractivity (Wildman–Crippen MR) is 101 cm³/mol. The Bertz CT molecular complexity index is 859. The fraction of sp³-hybridized carbons (Fsp3) is 0.286. The molecule has 3 aromatic rings. The first-order chi connectivity index (χ1) is 12.8. The molecular weight excluding hydrogens is 327 g/mol. The molecule has 26 heavy (non-hydrogen) atoms. The van der Waals surface area contributed by atoms with E-state index < -0.39 is 0 Å². The lowest BCUT2D eigenvalue weighted by Gasteiger charge is -2.23. The van der Waals surface area contributed by atoms with Gasteiger partial charge in [-0.3, -0.25) is 4.98 Å². The number of hydrogen-bond acceptors (Lipinski definition) is 4. The maximum atomic E-state index is 13.3. The summed E-state index contributed by atoms with van der Waals surface area (Å²) >= 11 is 0. The number of hydrogen-bond donors (Lipinski definition) is 1. The maximum absolute atomic E-state index is 13.3. The first kappa shape index (κ1) is 16.6. The highest BCUT2D eigenvalue weighted by atomic mass is 19.1. The minimum absolute atomic E-state index is 0.252. The molecule has 0 saturated heterocycles. The third-order valence-corrected chi connectivity index (χ3v) is 4.76. The van der Waals surface area contributed by atoms with E-state index in [0.717, 1.165) is 22.6 Å². The van der Waals surface area contributed by atoms with Gasteiger partial charge in [0.15, 0.2) is 5.82 Å². The quantitative estimate of drug-likeness (QED) is 0.713. The van der Waals surface area contributed by atoms with Crippen LogP contribution in [0.4, 0.5) is 10.2 Å². The molecule has 0 bridgehead atoms. The smallest absolute Gasteiger partial charge is 0.162 e. The van der Waals surface area contributed by atoms with E-state index in [2.05, 4.69) is 10.3 Å². The summed E-state index contributed by atoms with van der Waals surface area (Å²) in [7, 11) is 0. The zero-order chi connectivity index (χ0) is 17.8. The second-order valence-electron chi connectivity index (χ2n) is 6.68. The Hall–Kier alpha value is -2.82. The number of nitrogens with zero attached hydrogens (tertiary/aromatic N) is 3. The highest BCUT2D eigenvalue weighted by molar-refractivity contribution is 5.67. The largest absolute Gasteiger partial charge is 0.367 e. The monoisotopic (exact) mass is 348 g/mol. The first-order valence-electron chi connectivity index (χ1n) is 9.10. The van der Waals surface area contributed by atoms with Gasteiger partial charge in [0.2, 0.25) is 0 Å². The van der Waals surface area contributed by atoms with Crippen molar-refractivity contribution in [2.45, 2.75) is 38.1 Å². The summed E-state index contributed by atoms with van der Waals surface area (Å²) in [5.41, 5.74) is 2.57. The van der Waals surface area contributed by atoms with Crippen molar-refractivity contribution in [1.29, 1.82) is 0 Å². The van der Waals surface area contributed by atoms with Crippen molar-refractivity contribution in [3.8, 4) is 22.6 Å². The van der Waals surface area contributed by atoms with Crippen LogP contribution < -0.4 is 5.32 Å². The van der Waals surface area contributed by atoms with E-state index in [4.69, 9.17) is 9.97 Å². The number of nitrogens with one attached hydrogen (secondary N) is 1. The Kier molecular flexibility index (Phi) is 4.86. The number of aromatic nitrogens is 3. The highest BCUT2D eigenvalue weighted by Crippen LogP contribution is 2.27. The number of rotatable bonds is 4. The van der Waals surface area contributed by atoms with Crippen molar-refractivity contribution in [1.82, 2.24) is 15.0 Å². The summed E-state index contributed by atoms with van der Waals surface area (Å²) < 4.78 is 13.3. The molecule has 0 atom stereocenters. The number of halogens is 1. The average Bonchev–Trinajstić information content (AvgIpc) is 2.70. The third kappa shape index (κ3) is 3.87. The van der Waals surface area contributed by atoms with Gasteiger partial charge in [-0.05, 0) is 49.2 Å². The van der Waals surface area contributed by atoms with Crippen molar-refractivity contribution < 1.29 is 4.39 Å². The lowest BCUT2D eigenvalue weighted by Crippen LogP contribution is -2.23. The zero-order valence-corrected chi connectivity index (χ0v) is 14.5. The average molecular weight is 348 g/mol. The van der Waals surface area contributed by atoms with E-state index in [9.17, 15) is 4.39 Å². The molecule has 5 heteroatoms.